The van der Waals surface area contributed by atoms with Crippen LogP contribution in [0.5, 0.6) is 17.2 Å². The first-order chi connectivity index (χ1) is 18.8. The number of methoxy groups -OCH3 is 2. The molecule has 0 saturated heterocycles. The summed E-state index contributed by atoms with van der Waals surface area (Å²) in [6.45, 7) is 5.30. The van der Waals surface area contributed by atoms with Gasteiger partial charge in [-0.3, -0.25) is 4.79 Å². The summed E-state index contributed by atoms with van der Waals surface area (Å²) in [5.41, 5.74) is 1.13. The number of benzene rings is 3. The van der Waals surface area contributed by atoms with E-state index < -0.39 is 23.2 Å². The zero-order chi connectivity index (χ0) is 28.1. The number of carbonyl (C=O) groups excluding carboxylic acids is 1. The van der Waals surface area contributed by atoms with E-state index in [0.717, 1.165) is 18.9 Å². The van der Waals surface area contributed by atoms with Gasteiger partial charge in [-0.2, -0.15) is 0 Å². The molecule has 0 unspecified atom stereocenters. The molecule has 0 atom stereocenters. The molecule has 0 bridgehead atoms. The Hall–Kier alpha value is -4.47. The molecule has 0 saturated carbocycles. The molecule has 0 aliphatic rings. The van der Waals surface area contributed by atoms with Gasteiger partial charge in [0.05, 0.1) is 31.5 Å². The predicted octanol–water partition coefficient (Wildman–Crippen LogP) is 6.86. The molecule has 1 amide bonds. The highest BCUT2D eigenvalue weighted by atomic mass is 19.1. The minimum Gasteiger partial charge on any atom is -0.495 e. The van der Waals surface area contributed by atoms with Gasteiger partial charge in [-0.15, -0.1) is 0 Å². The number of rotatable bonds is 10. The molecular weight excluding hydrogens is 506 g/mol. The summed E-state index contributed by atoms with van der Waals surface area (Å²) < 4.78 is 46.8. The van der Waals surface area contributed by atoms with E-state index >= 15 is 4.39 Å². The highest BCUT2D eigenvalue weighted by Crippen LogP contribution is 2.39. The molecule has 204 valence electrons. The number of anilines is 3. The molecule has 2 N–H and O–H groups in total. The topological polar surface area (TPSA) is 94.6 Å². The maximum absolute atomic E-state index is 15.3. The Morgan fingerprint density at radius 2 is 1.69 bits per heavy atom. The highest BCUT2D eigenvalue weighted by molar-refractivity contribution is 5.94. The Labute approximate surface area is 225 Å². The van der Waals surface area contributed by atoms with Crippen molar-refractivity contribution in [2.24, 2.45) is 0 Å². The number of hydrogen-bond acceptors (Lipinski definition) is 7. The fourth-order valence-corrected chi connectivity index (χ4v) is 4.22. The van der Waals surface area contributed by atoms with Gasteiger partial charge in [-0.25, -0.2) is 18.7 Å². The number of carbonyl (C=O) groups is 1. The smallest absolute Gasteiger partial charge is 0.221 e. The van der Waals surface area contributed by atoms with Gasteiger partial charge < -0.3 is 24.8 Å². The lowest BCUT2D eigenvalue weighted by molar-refractivity contribution is -0.114. The lowest BCUT2D eigenvalue weighted by Crippen LogP contribution is -2.14. The van der Waals surface area contributed by atoms with Crippen LogP contribution in [-0.4, -0.2) is 36.2 Å². The van der Waals surface area contributed by atoms with E-state index in [-0.39, 0.29) is 11.7 Å². The van der Waals surface area contributed by atoms with Crippen molar-refractivity contribution in [3.05, 3.63) is 60.4 Å². The third kappa shape index (κ3) is 5.84. The van der Waals surface area contributed by atoms with Crippen LogP contribution in [0.4, 0.5) is 26.0 Å². The van der Waals surface area contributed by atoms with Crippen molar-refractivity contribution in [2.75, 3.05) is 24.9 Å². The molecule has 0 fully saturated rings. The lowest BCUT2D eigenvalue weighted by atomic mass is 10.0. The van der Waals surface area contributed by atoms with Crippen LogP contribution in [0.3, 0.4) is 0 Å². The molecule has 0 aliphatic heterocycles. The fraction of sp³-hybridized carbons (Fsp3) is 0.276. The Kier molecular flexibility index (Phi) is 8.43. The van der Waals surface area contributed by atoms with Gasteiger partial charge in [-0.05, 0) is 48.7 Å². The molecular formula is C29H30F2N4O4. The molecule has 4 aromatic rings. The third-order valence-corrected chi connectivity index (χ3v) is 6.28. The standard InChI is InChI=1S/C29H30F2N4O4/c1-6-18(7-2)39-26-13-20-22(14-25(26)38-5)32-15-33-29(20)35-23-12-17(8-11-24(23)37-4)19-9-10-21(30)28(27(19)31)34-16(3)36/h8-15,18H,6-7H2,1-5H3,(H,34,36)(H,32,33,35). The Bertz CT molecular complexity index is 1510. The van der Waals surface area contributed by atoms with Crippen LogP contribution in [0.2, 0.25) is 0 Å². The van der Waals surface area contributed by atoms with E-state index in [0.29, 0.717) is 45.2 Å². The average Bonchev–Trinajstić information content (AvgIpc) is 2.93. The average molecular weight is 537 g/mol. The summed E-state index contributed by atoms with van der Waals surface area (Å²) in [5.74, 6) is -0.279. The highest BCUT2D eigenvalue weighted by Gasteiger charge is 2.19. The zero-order valence-electron chi connectivity index (χ0n) is 22.4. The minimum absolute atomic E-state index is 0.0159. The van der Waals surface area contributed by atoms with Crippen molar-refractivity contribution in [1.82, 2.24) is 9.97 Å². The van der Waals surface area contributed by atoms with Crippen LogP contribution >= 0.6 is 0 Å². The Morgan fingerprint density at radius 1 is 0.949 bits per heavy atom. The minimum atomic E-state index is -0.885. The summed E-state index contributed by atoms with van der Waals surface area (Å²) in [7, 11) is 3.08. The van der Waals surface area contributed by atoms with Gasteiger partial charge in [0.15, 0.2) is 17.3 Å². The van der Waals surface area contributed by atoms with Gasteiger partial charge in [0.25, 0.3) is 0 Å². The molecule has 1 heterocycles. The van der Waals surface area contributed by atoms with Crippen LogP contribution in [0.25, 0.3) is 22.0 Å². The molecule has 39 heavy (non-hydrogen) atoms. The Balaban J connectivity index is 1.79. The normalized spacial score (nSPS) is 11.0. The van der Waals surface area contributed by atoms with Gasteiger partial charge in [0, 0.05) is 23.9 Å². The number of hydrogen-bond donors (Lipinski definition) is 2. The summed E-state index contributed by atoms with van der Waals surface area (Å²) in [6, 6.07) is 11.0. The van der Waals surface area contributed by atoms with Gasteiger partial charge >= 0.3 is 0 Å². The van der Waals surface area contributed by atoms with Gasteiger partial charge in [0.2, 0.25) is 5.91 Å². The molecule has 0 spiro atoms. The largest absolute Gasteiger partial charge is 0.495 e. The maximum atomic E-state index is 15.3. The van der Waals surface area contributed by atoms with Crippen LogP contribution in [0.1, 0.15) is 33.6 Å². The number of nitrogens with zero attached hydrogens (tertiary/aromatic N) is 2. The SMILES string of the molecule is CCC(CC)Oc1cc2c(Nc3cc(-c4ccc(F)c(NC(C)=O)c4F)ccc3OC)ncnc2cc1OC. The number of nitrogens with one attached hydrogen (secondary N) is 2. The molecule has 3 aromatic carbocycles. The van der Waals surface area contributed by atoms with Crippen molar-refractivity contribution in [1.29, 1.82) is 0 Å². The van der Waals surface area contributed by atoms with E-state index in [1.807, 2.05) is 6.07 Å². The molecule has 0 aliphatic carbocycles. The zero-order valence-corrected chi connectivity index (χ0v) is 22.4. The van der Waals surface area contributed by atoms with Crippen LogP contribution in [-0.2, 0) is 4.79 Å². The third-order valence-electron chi connectivity index (χ3n) is 6.28. The molecule has 0 radical (unpaired) electrons. The number of aromatic nitrogens is 2. The first-order valence-electron chi connectivity index (χ1n) is 12.5. The number of ether oxygens (including phenoxy) is 3. The monoisotopic (exact) mass is 536 g/mol. The summed E-state index contributed by atoms with van der Waals surface area (Å²) in [6.07, 6.45) is 3.10. The molecule has 10 heteroatoms. The molecule has 8 nitrogen and oxygen atoms in total. The lowest BCUT2D eigenvalue weighted by Gasteiger charge is -2.19. The van der Waals surface area contributed by atoms with Gasteiger partial charge in [0.1, 0.15) is 29.4 Å². The van der Waals surface area contributed by atoms with Crippen molar-refractivity contribution in [3.8, 4) is 28.4 Å². The van der Waals surface area contributed by atoms with Crippen LogP contribution < -0.4 is 24.8 Å². The van der Waals surface area contributed by atoms with E-state index in [1.165, 1.54) is 26.4 Å². The van der Waals surface area contributed by atoms with Gasteiger partial charge in [-0.1, -0.05) is 19.9 Å². The second-order valence-corrected chi connectivity index (χ2v) is 8.80. The van der Waals surface area contributed by atoms with Crippen molar-refractivity contribution >= 4 is 34.0 Å². The van der Waals surface area contributed by atoms with Crippen molar-refractivity contribution in [3.63, 3.8) is 0 Å². The molecule has 1 aromatic heterocycles. The van der Waals surface area contributed by atoms with Crippen LogP contribution in [0.15, 0.2) is 48.8 Å². The number of fused-ring (bicyclic) bond motifs is 1. The first-order valence-corrected chi connectivity index (χ1v) is 12.5. The summed E-state index contributed by atoms with van der Waals surface area (Å²) in [5, 5.41) is 6.15. The first kappa shape index (κ1) is 27.6. The van der Waals surface area contributed by atoms with E-state index in [2.05, 4.69) is 34.4 Å². The second kappa shape index (κ2) is 11.9. The summed E-state index contributed by atoms with van der Waals surface area (Å²) in [4.78, 5) is 20.3. The van der Waals surface area contributed by atoms with Crippen LogP contribution in [0, 0.1) is 11.6 Å². The number of amides is 1. The van der Waals surface area contributed by atoms with Crippen molar-refractivity contribution < 1.29 is 27.8 Å². The number of halogens is 2. The van der Waals surface area contributed by atoms with Crippen molar-refractivity contribution in [2.45, 2.75) is 39.7 Å². The van der Waals surface area contributed by atoms with E-state index in [1.54, 1.807) is 31.4 Å². The fourth-order valence-electron chi connectivity index (χ4n) is 4.22. The Morgan fingerprint density at radius 3 is 2.36 bits per heavy atom. The molecule has 4 rings (SSSR count). The summed E-state index contributed by atoms with van der Waals surface area (Å²) >= 11 is 0. The maximum Gasteiger partial charge on any atom is 0.221 e. The quantitative estimate of drug-likeness (QED) is 0.229. The predicted molar refractivity (Wildman–Crippen MR) is 147 cm³/mol. The van der Waals surface area contributed by atoms with E-state index in [4.69, 9.17) is 14.2 Å². The second-order valence-electron chi connectivity index (χ2n) is 8.80. The van der Waals surface area contributed by atoms with E-state index in [9.17, 15) is 9.18 Å².